The fourth-order valence-corrected chi connectivity index (χ4v) is 4.14. The van der Waals surface area contributed by atoms with Crippen molar-refractivity contribution < 1.29 is 13.2 Å². The van der Waals surface area contributed by atoms with Gasteiger partial charge in [0.2, 0.25) is 5.91 Å². The van der Waals surface area contributed by atoms with E-state index < -0.39 is 10.0 Å². The number of anilines is 2. The Hall–Kier alpha value is -3.90. The van der Waals surface area contributed by atoms with Crippen LogP contribution in [-0.2, 0) is 21.2 Å². The molecule has 0 atom stereocenters. The molecular formula is C28H28N2O3S. The first-order chi connectivity index (χ1) is 16.3. The van der Waals surface area contributed by atoms with E-state index in [1.54, 1.807) is 42.5 Å². The normalized spacial score (nSPS) is 10.5. The Morgan fingerprint density at radius 2 is 1.12 bits per heavy atom. The molecule has 0 radical (unpaired) electrons. The number of hydrogen-bond donors (Lipinski definition) is 2. The lowest BCUT2D eigenvalue weighted by Crippen LogP contribution is -2.14. The number of carbonyl (C=O) groups excluding carboxylic acids is 1. The number of amides is 1. The minimum atomic E-state index is -3.48. The molecule has 0 aliphatic carbocycles. The zero-order valence-electron chi connectivity index (χ0n) is 19.2. The van der Waals surface area contributed by atoms with Crippen molar-refractivity contribution in [2.45, 2.75) is 25.2 Å². The molecule has 2 N–H and O–H groups in total. The molecule has 0 aliphatic rings. The zero-order chi connectivity index (χ0) is 24.4. The Bertz CT molecular complexity index is 1290. The van der Waals surface area contributed by atoms with Crippen molar-refractivity contribution in [1.82, 2.24) is 0 Å². The number of carbonyl (C=O) groups is 1. The second kappa shape index (κ2) is 11.8. The molecule has 0 aromatic heterocycles. The minimum Gasteiger partial charge on any atom is -0.326 e. The van der Waals surface area contributed by atoms with Gasteiger partial charge >= 0.3 is 0 Å². The van der Waals surface area contributed by atoms with Gasteiger partial charge in [-0.05, 0) is 55.8 Å². The van der Waals surface area contributed by atoms with Gasteiger partial charge in [-0.2, -0.15) is 0 Å². The maximum atomic E-state index is 12.0. The summed E-state index contributed by atoms with van der Waals surface area (Å²) in [5.41, 5.74) is 4.71. The molecule has 4 rings (SSSR count). The molecule has 0 aliphatic heterocycles. The van der Waals surface area contributed by atoms with Crippen LogP contribution in [0, 0.1) is 13.8 Å². The molecule has 6 heteroatoms. The quantitative estimate of drug-likeness (QED) is 0.363. The summed E-state index contributed by atoms with van der Waals surface area (Å²) in [4.78, 5) is 12.0. The van der Waals surface area contributed by atoms with E-state index in [1.807, 2.05) is 80.6 Å². The van der Waals surface area contributed by atoms with Gasteiger partial charge in [0.05, 0.1) is 11.3 Å². The maximum Gasteiger partial charge on any atom is 0.261 e. The lowest BCUT2D eigenvalue weighted by molar-refractivity contribution is -0.115. The number of benzene rings is 4. The highest BCUT2D eigenvalue weighted by Crippen LogP contribution is 2.16. The standard InChI is InChI=1S/C15H15NO.C13H13NO2S/c1-12-7-9-14(10-8-12)16-15(17)11-13-5-3-2-4-6-13;1-11-7-9-12(10-8-11)14-17(15,16)13-5-3-2-4-6-13/h2-10H,11H2,1H3,(H,16,17);2-10,14H,1H3. The van der Waals surface area contributed by atoms with Crippen LogP contribution in [0.2, 0.25) is 0 Å². The summed E-state index contributed by atoms with van der Waals surface area (Å²) in [7, 11) is -3.48. The van der Waals surface area contributed by atoms with Crippen molar-refractivity contribution in [3.05, 3.63) is 126 Å². The Labute approximate surface area is 201 Å². The molecule has 0 unspecified atom stereocenters. The molecule has 0 heterocycles. The molecule has 0 saturated heterocycles. The fraction of sp³-hybridized carbons (Fsp3) is 0.107. The first-order valence-electron chi connectivity index (χ1n) is 10.9. The number of rotatable bonds is 6. The van der Waals surface area contributed by atoms with Crippen LogP contribution >= 0.6 is 0 Å². The minimum absolute atomic E-state index is 0.0139. The van der Waals surface area contributed by atoms with Crippen LogP contribution in [-0.4, -0.2) is 14.3 Å². The maximum absolute atomic E-state index is 12.0. The van der Waals surface area contributed by atoms with Crippen molar-refractivity contribution >= 4 is 27.3 Å². The van der Waals surface area contributed by atoms with Gasteiger partial charge in [0.15, 0.2) is 0 Å². The third-order valence-electron chi connectivity index (χ3n) is 4.90. The van der Waals surface area contributed by atoms with Crippen molar-refractivity contribution in [1.29, 1.82) is 0 Å². The molecule has 4 aromatic carbocycles. The van der Waals surface area contributed by atoms with Crippen LogP contribution in [0.1, 0.15) is 16.7 Å². The van der Waals surface area contributed by atoms with E-state index in [9.17, 15) is 13.2 Å². The van der Waals surface area contributed by atoms with E-state index in [0.29, 0.717) is 12.1 Å². The average Bonchev–Trinajstić information content (AvgIpc) is 2.83. The van der Waals surface area contributed by atoms with E-state index >= 15 is 0 Å². The Morgan fingerprint density at radius 1 is 0.647 bits per heavy atom. The predicted molar refractivity (Wildman–Crippen MR) is 138 cm³/mol. The Kier molecular flexibility index (Phi) is 8.60. The van der Waals surface area contributed by atoms with E-state index in [1.165, 1.54) is 5.56 Å². The summed E-state index contributed by atoms with van der Waals surface area (Å²) in [6.07, 6.45) is 0.411. The van der Waals surface area contributed by atoms with Crippen molar-refractivity contribution in [2.75, 3.05) is 10.0 Å². The van der Waals surface area contributed by atoms with E-state index in [4.69, 9.17) is 0 Å². The molecular weight excluding hydrogens is 444 g/mol. The first kappa shape index (κ1) is 24.7. The zero-order valence-corrected chi connectivity index (χ0v) is 20.0. The van der Waals surface area contributed by atoms with Crippen LogP contribution in [0.15, 0.2) is 114 Å². The monoisotopic (exact) mass is 472 g/mol. The molecule has 0 saturated carbocycles. The summed E-state index contributed by atoms with van der Waals surface area (Å²) in [6.45, 7) is 3.98. The van der Waals surface area contributed by atoms with Gasteiger partial charge in [-0.1, -0.05) is 83.9 Å². The molecule has 5 nitrogen and oxygen atoms in total. The molecule has 1 amide bonds. The second-order valence-corrected chi connectivity index (χ2v) is 9.54. The van der Waals surface area contributed by atoms with Gasteiger partial charge in [-0.15, -0.1) is 0 Å². The van der Waals surface area contributed by atoms with Gasteiger partial charge in [-0.25, -0.2) is 8.42 Å². The summed E-state index contributed by atoms with van der Waals surface area (Å²) in [5.74, 6) is 0.0139. The van der Waals surface area contributed by atoms with Crippen LogP contribution in [0.5, 0.6) is 0 Å². The summed E-state index contributed by atoms with van der Waals surface area (Å²) >= 11 is 0. The van der Waals surface area contributed by atoms with Crippen LogP contribution < -0.4 is 10.0 Å². The van der Waals surface area contributed by atoms with Gasteiger partial charge < -0.3 is 5.32 Å². The van der Waals surface area contributed by atoms with Crippen molar-refractivity contribution in [3.8, 4) is 0 Å². The van der Waals surface area contributed by atoms with Gasteiger partial charge in [-0.3, -0.25) is 9.52 Å². The Balaban J connectivity index is 0.000000191. The number of hydrogen-bond acceptors (Lipinski definition) is 3. The van der Waals surface area contributed by atoms with Crippen molar-refractivity contribution in [3.63, 3.8) is 0 Å². The highest BCUT2D eigenvalue weighted by Gasteiger charge is 2.12. The summed E-state index contributed by atoms with van der Waals surface area (Å²) in [6, 6.07) is 33.1. The number of aryl methyl sites for hydroxylation is 2. The third kappa shape index (κ3) is 7.90. The second-order valence-electron chi connectivity index (χ2n) is 7.86. The summed E-state index contributed by atoms with van der Waals surface area (Å²) < 4.78 is 26.5. The SMILES string of the molecule is Cc1ccc(NC(=O)Cc2ccccc2)cc1.Cc1ccc(NS(=O)(=O)c2ccccc2)cc1. The largest absolute Gasteiger partial charge is 0.326 e. The molecule has 0 bridgehead atoms. The number of sulfonamides is 1. The van der Waals surface area contributed by atoms with Crippen LogP contribution in [0.3, 0.4) is 0 Å². The molecule has 174 valence electrons. The lowest BCUT2D eigenvalue weighted by atomic mass is 10.1. The summed E-state index contributed by atoms with van der Waals surface area (Å²) in [5, 5.41) is 2.88. The van der Waals surface area contributed by atoms with Gasteiger partial charge in [0, 0.05) is 11.4 Å². The molecule has 4 aromatic rings. The van der Waals surface area contributed by atoms with Crippen LogP contribution in [0.4, 0.5) is 11.4 Å². The predicted octanol–water partition coefficient (Wildman–Crippen LogP) is 5.97. The van der Waals surface area contributed by atoms with E-state index in [-0.39, 0.29) is 10.8 Å². The molecule has 0 spiro atoms. The van der Waals surface area contributed by atoms with Gasteiger partial charge in [0.25, 0.3) is 10.0 Å². The fourth-order valence-electron chi connectivity index (χ4n) is 3.06. The van der Waals surface area contributed by atoms with Gasteiger partial charge in [0.1, 0.15) is 0 Å². The van der Waals surface area contributed by atoms with Crippen molar-refractivity contribution in [2.24, 2.45) is 0 Å². The molecule has 0 fully saturated rings. The third-order valence-corrected chi connectivity index (χ3v) is 6.30. The first-order valence-corrected chi connectivity index (χ1v) is 12.4. The number of nitrogens with one attached hydrogen (secondary N) is 2. The lowest BCUT2D eigenvalue weighted by Gasteiger charge is -2.07. The van der Waals surface area contributed by atoms with E-state index in [2.05, 4.69) is 10.0 Å². The Morgan fingerprint density at radius 3 is 1.65 bits per heavy atom. The topological polar surface area (TPSA) is 75.3 Å². The smallest absolute Gasteiger partial charge is 0.261 e. The van der Waals surface area contributed by atoms with E-state index in [0.717, 1.165) is 16.8 Å². The highest BCUT2D eigenvalue weighted by molar-refractivity contribution is 7.92. The molecule has 34 heavy (non-hydrogen) atoms. The average molecular weight is 473 g/mol. The highest BCUT2D eigenvalue weighted by atomic mass is 32.2. The van der Waals surface area contributed by atoms with Crippen LogP contribution in [0.25, 0.3) is 0 Å².